The fourth-order valence-corrected chi connectivity index (χ4v) is 3.81. The Morgan fingerprint density at radius 3 is 2.31 bits per heavy atom. The topological polar surface area (TPSA) is 39.7 Å². The molecule has 1 aliphatic carbocycles. The Labute approximate surface area is 172 Å². The number of nitrogens with one attached hydrogen (secondary N) is 2. The number of hydrogen-bond acceptors (Lipinski definition) is 2. The summed E-state index contributed by atoms with van der Waals surface area (Å²) in [6.45, 7) is 3.98. The zero-order chi connectivity index (χ0) is 18.1. The van der Waals surface area contributed by atoms with E-state index in [0.29, 0.717) is 25.0 Å². The Bertz CT molecular complexity index is 404. The molecule has 0 spiro atoms. The molecule has 2 fully saturated rings. The molecule has 0 atom stereocenters. The van der Waals surface area contributed by atoms with Gasteiger partial charge in [0, 0.05) is 19.1 Å². The van der Waals surface area contributed by atoms with Crippen molar-refractivity contribution in [3.05, 3.63) is 0 Å². The zero-order valence-electron chi connectivity index (χ0n) is 15.8. The van der Waals surface area contributed by atoms with Crippen molar-refractivity contribution in [1.29, 1.82) is 0 Å². The van der Waals surface area contributed by atoms with Crippen LogP contribution in [0.5, 0.6) is 0 Å². The van der Waals surface area contributed by atoms with E-state index in [1.165, 1.54) is 37.0 Å². The standard InChI is InChI=1S/C18H33F3N4.HI/c1-2-22-17(24-16-6-4-3-5-7-16)23-11-8-15-9-12-25(13-10-15)14-18(19,20)21;/h15-16H,2-14H2,1H3,(H2,22,23,24);1H. The highest BCUT2D eigenvalue weighted by molar-refractivity contribution is 14.0. The van der Waals surface area contributed by atoms with Gasteiger partial charge in [0.25, 0.3) is 0 Å². The number of aliphatic imine (C=N–C) groups is 1. The van der Waals surface area contributed by atoms with Crippen molar-refractivity contribution in [2.24, 2.45) is 10.9 Å². The van der Waals surface area contributed by atoms with Crippen LogP contribution in [-0.4, -0.2) is 55.8 Å². The van der Waals surface area contributed by atoms with Gasteiger partial charge in [-0.15, -0.1) is 24.0 Å². The lowest BCUT2D eigenvalue weighted by Gasteiger charge is -2.32. The van der Waals surface area contributed by atoms with E-state index in [9.17, 15) is 13.2 Å². The summed E-state index contributed by atoms with van der Waals surface area (Å²) in [4.78, 5) is 6.20. The smallest absolute Gasteiger partial charge is 0.357 e. The Morgan fingerprint density at radius 1 is 1.08 bits per heavy atom. The molecule has 0 aromatic rings. The molecule has 26 heavy (non-hydrogen) atoms. The summed E-state index contributed by atoms with van der Waals surface area (Å²) in [7, 11) is 0. The lowest BCUT2D eigenvalue weighted by molar-refractivity contribution is -0.148. The minimum Gasteiger partial charge on any atom is -0.357 e. The van der Waals surface area contributed by atoms with Crippen molar-refractivity contribution in [1.82, 2.24) is 15.5 Å². The van der Waals surface area contributed by atoms with Crippen LogP contribution in [0.15, 0.2) is 4.99 Å². The third kappa shape index (κ3) is 9.62. The molecule has 154 valence electrons. The predicted octanol–water partition coefficient (Wildman–Crippen LogP) is 4.16. The number of rotatable bonds is 6. The Balaban J connectivity index is 0.00000338. The highest BCUT2D eigenvalue weighted by Gasteiger charge is 2.32. The van der Waals surface area contributed by atoms with E-state index in [-0.39, 0.29) is 24.0 Å². The Morgan fingerprint density at radius 2 is 1.73 bits per heavy atom. The maximum atomic E-state index is 12.4. The second kappa shape index (κ2) is 12.3. The van der Waals surface area contributed by atoms with Crippen molar-refractivity contribution in [2.75, 3.05) is 32.7 Å². The van der Waals surface area contributed by atoms with Crippen LogP contribution >= 0.6 is 24.0 Å². The van der Waals surface area contributed by atoms with E-state index in [4.69, 9.17) is 0 Å². The molecule has 0 amide bonds. The first-order chi connectivity index (χ1) is 12.0. The van der Waals surface area contributed by atoms with Crippen LogP contribution in [0.25, 0.3) is 0 Å². The second-order valence-electron chi connectivity index (χ2n) is 7.36. The molecule has 1 saturated heterocycles. The molecule has 2 rings (SSSR count). The van der Waals surface area contributed by atoms with Crippen LogP contribution in [0.2, 0.25) is 0 Å². The van der Waals surface area contributed by atoms with Crippen LogP contribution in [-0.2, 0) is 0 Å². The number of halogens is 4. The van der Waals surface area contributed by atoms with Gasteiger partial charge in [0.1, 0.15) is 0 Å². The van der Waals surface area contributed by atoms with E-state index < -0.39 is 12.7 Å². The lowest BCUT2D eigenvalue weighted by Crippen LogP contribution is -2.44. The summed E-state index contributed by atoms with van der Waals surface area (Å²) in [6, 6.07) is 0.525. The van der Waals surface area contributed by atoms with Crippen LogP contribution in [0, 0.1) is 5.92 Å². The SMILES string of the molecule is CCNC(=NCCC1CCN(CC(F)(F)F)CC1)NC1CCCCC1.I. The average Bonchev–Trinajstić information content (AvgIpc) is 2.56. The van der Waals surface area contributed by atoms with Gasteiger partial charge in [0.05, 0.1) is 6.54 Å². The predicted molar refractivity (Wildman–Crippen MR) is 111 cm³/mol. The van der Waals surface area contributed by atoms with E-state index in [2.05, 4.69) is 22.5 Å². The monoisotopic (exact) mass is 490 g/mol. The molecule has 1 aliphatic heterocycles. The minimum atomic E-state index is -4.08. The quantitative estimate of drug-likeness (QED) is 0.334. The Kier molecular flexibility index (Phi) is 11.2. The van der Waals surface area contributed by atoms with E-state index in [0.717, 1.165) is 38.3 Å². The molecular weight excluding hydrogens is 456 g/mol. The summed E-state index contributed by atoms with van der Waals surface area (Å²) >= 11 is 0. The molecule has 4 nitrogen and oxygen atoms in total. The van der Waals surface area contributed by atoms with E-state index in [1.54, 1.807) is 0 Å². The van der Waals surface area contributed by atoms with E-state index >= 15 is 0 Å². The van der Waals surface area contributed by atoms with Gasteiger partial charge in [-0.05, 0) is 58.0 Å². The maximum absolute atomic E-state index is 12.4. The van der Waals surface area contributed by atoms with Gasteiger partial charge in [0.15, 0.2) is 5.96 Å². The number of alkyl halides is 3. The van der Waals surface area contributed by atoms with Crippen molar-refractivity contribution in [3.8, 4) is 0 Å². The van der Waals surface area contributed by atoms with Crippen molar-refractivity contribution in [3.63, 3.8) is 0 Å². The third-order valence-corrected chi connectivity index (χ3v) is 5.21. The van der Waals surface area contributed by atoms with Crippen LogP contribution in [0.3, 0.4) is 0 Å². The summed E-state index contributed by atoms with van der Waals surface area (Å²) < 4.78 is 37.3. The van der Waals surface area contributed by atoms with Gasteiger partial charge in [0.2, 0.25) is 0 Å². The Hall–Kier alpha value is -0.250. The molecule has 0 bridgehead atoms. The third-order valence-electron chi connectivity index (χ3n) is 5.21. The summed E-state index contributed by atoms with van der Waals surface area (Å²) in [5.74, 6) is 1.38. The van der Waals surface area contributed by atoms with Crippen LogP contribution in [0.1, 0.15) is 58.3 Å². The minimum absolute atomic E-state index is 0. The number of piperidine rings is 1. The fourth-order valence-electron chi connectivity index (χ4n) is 3.81. The molecule has 0 aromatic carbocycles. The van der Waals surface area contributed by atoms with Crippen LogP contribution in [0.4, 0.5) is 13.2 Å². The molecule has 2 N–H and O–H groups in total. The lowest BCUT2D eigenvalue weighted by atomic mass is 9.93. The number of nitrogens with zero attached hydrogens (tertiary/aromatic N) is 2. The number of guanidine groups is 1. The fraction of sp³-hybridized carbons (Fsp3) is 0.944. The largest absolute Gasteiger partial charge is 0.401 e. The molecule has 0 aromatic heterocycles. The number of hydrogen-bond donors (Lipinski definition) is 2. The van der Waals surface area contributed by atoms with Gasteiger partial charge in [-0.3, -0.25) is 9.89 Å². The molecule has 2 aliphatic rings. The van der Waals surface area contributed by atoms with Gasteiger partial charge in [-0.25, -0.2) is 0 Å². The second-order valence-corrected chi connectivity index (χ2v) is 7.36. The molecule has 0 radical (unpaired) electrons. The van der Waals surface area contributed by atoms with Crippen molar-refractivity contribution >= 4 is 29.9 Å². The van der Waals surface area contributed by atoms with Gasteiger partial charge < -0.3 is 10.6 Å². The molecular formula is C18H34F3IN4. The van der Waals surface area contributed by atoms with Crippen LogP contribution < -0.4 is 10.6 Å². The van der Waals surface area contributed by atoms with Gasteiger partial charge in [-0.2, -0.15) is 13.2 Å². The van der Waals surface area contributed by atoms with Crippen molar-refractivity contribution < 1.29 is 13.2 Å². The molecule has 1 saturated carbocycles. The molecule has 0 unspecified atom stereocenters. The zero-order valence-corrected chi connectivity index (χ0v) is 18.1. The highest BCUT2D eigenvalue weighted by atomic mass is 127. The summed E-state index contributed by atoms with van der Waals surface area (Å²) in [6.07, 6.45) is 4.89. The maximum Gasteiger partial charge on any atom is 0.401 e. The summed E-state index contributed by atoms with van der Waals surface area (Å²) in [5.41, 5.74) is 0. The molecule has 1 heterocycles. The first-order valence-corrected chi connectivity index (χ1v) is 9.80. The summed E-state index contributed by atoms with van der Waals surface area (Å²) in [5, 5.41) is 6.84. The first-order valence-electron chi connectivity index (χ1n) is 9.80. The number of likely N-dealkylation sites (tertiary alicyclic amines) is 1. The van der Waals surface area contributed by atoms with Gasteiger partial charge >= 0.3 is 6.18 Å². The van der Waals surface area contributed by atoms with Crippen molar-refractivity contribution in [2.45, 2.75) is 70.5 Å². The first kappa shape index (κ1) is 23.8. The van der Waals surface area contributed by atoms with E-state index in [1.807, 2.05) is 0 Å². The molecule has 8 heteroatoms. The average molecular weight is 490 g/mol. The highest BCUT2D eigenvalue weighted by Crippen LogP contribution is 2.24. The van der Waals surface area contributed by atoms with Gasteiger partial charge in [-0.1, -0.05) is 19.3 Å². The normalized spacial score (nSPS) is 21.3.